The maximum Gasteiger partial charge on any atom is 0.408 e. The molecule has 0 bridgehead atoms. The first-order valence-electron chi connectivity index (χ1n) is 16.1. The molecule has 254 valence electrons. The molecule has 10 nitrogen and oxygen atoms in total. The van der Waals surface area contributed by atoms with Crippen LogP contribution in [-0.4, -0.2) is 43.3 Å². The summed E-state index contributed by atoms with van der Waals surface area (Å²) in [5, 5.41) is 5.95. The lowest BCUT2D eigenvalue weighted by Gasteiger charge is -2.31. The van der Waals surface area contributed by atoms with Gasteiger partial charge < -0.3 is 30.1 Å². The first kappa shape index (κ1) is 35.9. The maximum atomic E-state index is 12.6. The molecule has 0 aliphatic heterocycles. The van der Waals surface area contributed by atoms with Crippen molar-refractivity contribution in [1.82, 2.24) is 30.6 Å². The van der Waals surface area contributed by atoms with Gasteiger partial charge in [0.05, 0.1) is 34.2 Å². The molecule has 2 aromatic heterocycles. The first-order valence-corrected chi connectivity index (χ1v) is 16.1. The van der Waals surface area contributed by atoms with Gasteiger partial charge in [-0.15, -0.1) is 0 Å². The van der Waals surface area contributed by atoms with Crippen LogP contribution < -0.4 is 10.6 Å². The van der Waals surface area contributed by atoms with E-state index in [0.717, 1.165) is 33.2 Å². The van der Waals surface area contributed by atoms with Crippen molar-refractivity contribution in [3.05, 3.63) is 59.2 Å². The third kappa shape index (κ3) is 9.78. The molecule has 0 spiro atoms. The summed E-state index contributed by atoms with van der Waals surface area (Å²) in [6, 6.07) is 10.6. The van der Waals surface area contributed by atoms with E-state index in [-0.39, 0.29) is 10.8 Å². The van der Waals surface area contributed by atoms with E-state index in [9.17, 15) is 9.59 Å². The van der Waals surface area contributed by atoms with Gasteiger partial charge in [-0.2, -0.15) is 0 Å². The number of aromatic amines is 2. The van der Waals surface area contributed by atoms with E-state index in [1.54, 1.807) is 0 Å². The Labute approximate surface area is 283 Å². The number of fused-ring (bicyclic) bond motifs is 2. The number of carbonyl (C=O) groups excluding carboxylic acids is 2. The third-order valence-electron chi connectivity index (χ3n) is 7.08. The van der Waals surface area contributed by atoms with Crippen molar-refractivity contribution >= 4 is 34.3 Å². The maximum absolute atomic E-state index is 12.6. The number of nitrogens with zero attached hydrogens (tertiary/aromatic N) is 2. The Morgan fingerprint density at radius 3 is 1.29 bits per heavy atom. The molecule has 48 heavy (non-hydrogen) atoms. The van der Waals surface area contributed by atoms with Gasteiger partial charge in [-0.05, 0) is 101 Å². The largest absolute Gasteiger partial charge is 0.444 e. The topological polar surface area (TPSA) is 134 Å². The number of hydrogen-bond acceptors (Lipinski definition) is 6. The Balaban J connectivity index is 1.51. The van der Waals surface area contributed by atoms with E-state index in [4.69, 9.17) is 19.4 Å². The fraction of sp³-hybridized carbons (Fsp3) is 0.474. The average Bonchev–Trinajstić information content (AvgIpc) is 3.52. The van der Waals surface area contributed by atoms with Gasteiger partial charge in [-0.1, -0.05) is 53.4 Å². The van der Waals surface area contributed by atoms with Gasteiger partial charge >= 0.3 is 12.2 Å². The van der Waals surface area contributed by atoms with Crippen LogP contribution in [0.4, 0.5) is 9.59 Å². The van der Waals surface area contributed by atoms with Gasteiger partial charge in [0, 0.05) is 11.1 Å². The zero-order valence-corrected chi connectivity index (χ0v) is 30.1. The Bertz CT molecular complexity index is 1790. The van der Waals surface area contributed by atoms with E-state index in [1.807, 2.05) is 119 Å². The Morgan fingerprint density at radius 2 is 0.979 bits per heavy atom. The number of benzene rings is 2. The monoisotopic (exact) mass is 652 g/mol. The van der Waals surface area contributed by atoms with Crippen molar-refractivity contribution < 1.29 is 19.1 Å². The summed E-state index contributed by atoms with van der Waals surface area (Å²) < 4.78 is 11.0. The van der Waals surface area contributed by atoms with Crippen LogP contribution in [0.2, 0.25) is 0 Å². The molecular weight excluding hydrogens is 604 g/mol. The summed E-state index contributed by atoms with van der Waals surface area (Å²) >= 11 is 0. The number of H-pyrrole nitrogens is 2. The highest BCUT2D eigenvalue weighted by atomic mass is 16.6. The van der Waals surface area contributed by atoms with Crippen molar-refractivity contribution in [2.75, 3.05) is 0 Å². The molecule has 4 aromatic rings. The zero-order chi connectivity index (χ0) is 35.7. The number of rotatable bonds is 4. The van der Waals surface area contributed by atoms with Crippen molar-refractivity contribution in [2.45, 2.75) is 106 Å². The molecular formula is C38H48N6O4. The van der Waals surface area contributed by atoms with Crippen LogP contribution in [0.25, 0.3) is 22.1 Å². The highest BCUT2D eigenvalue weighted by Crippen LogP contribution is 2.34. The molecule has 0 fully saturated rings. The predicted octanol–water partition coefficient (Wildman–Crippen LogP) is 8.07. The fourth-order valence-electron chi connectivity index (χ4n) is 4.94. The fourth-order valence-corrected chi connectivity index (χ4v) is 4.94. The summed E-state index contributed by atoms with van der Waals surface area (Å²) in [4.78, 5) is 41.4. The van der Waals surface area contributed by atoms with Gasteiger partial charge in [-0.3, -0.25) is 0 Å². The summed E-state index contributed by atoms with van der Waals surface area (Å²) in [5.41, 5.74) is 2.84. The molecule has 2 atom stereocenters. The highest BCUT2D eigenvalue weighted by molar-refractivity contribution is 5.78. The molecule has 0 saturated heterocycles. The summed E-state index contributed by atoms with van der Waals surface area (Å²) in [7, 11) is 0. The molecule has 0 aliphatic rings. The highest BCUT2D eigenvalue weighted by Gasteiger charge is 2.33. The van der Waals surface area contributed by atoms with Gasteiger partial charge in [-0.25, -0.2) is 19.6 Å². The van der Waals surface area contributed by atoms with Crippen molar-refractivity contribution in [3.63, 3.8) is 0 Å². The summed E-state index contributed by atoms with van der Waals surface area (Å²) in [6.07, 6.45) is -0.992. The van der Waals surface area contributed by atoms with Crippen molar-refractivity contribution in [3.8, 4) is 23.7 Å². The zero-order valence-electron chi connectivity index (χ0n) is 30.1. The minimum atomic E-state index is -0.607. The lowest BCUT2D eigenvalue weighted by atomic mass is 9.86. The second-order valence-corrected chi connectivity index (χ2v) is 16.1. The number of amides is 2. The first-order chi connectivity index (χ1) is 22.1. The Kier molecular flexibility index (Phi) is 9.92. The standard InChI is InChI=1S/C38H48N6O4/c1-35(2,3)29(43-33(45)47-37(7,8)9)31-39-25-19-17-23(21-27(25)41-31)15-13-14-16-24-18-20-26-28(22-24)42-32(40-26)30(36(4,5)6)44-34(46)48-38(10,11)12/h17-22,29-30H,1-12H3,(H,39,41)(H,40,42)(H,43,45)(H,44,46)/t29-,30-/m1/s1. The number of nitrogens with one attached hydrogen (secondary N) is 4. The van der Waals surface area contributed by atoms with Gasteiger partial charge in [0.15, 0.2) is 0 Å². The third-order valence-corrected chi connectivity index (χ3v) is 7.08. The van der Waals surface area contributed by atoms with Crippen molar-refractivity contribution in [1.29, 1.82) is 0 Å². The molecule has 0 aliphatic carbocycles. The lowest BCUT2D eigenvalue weighted by molar-refractivity contribution is 0.0448. The minimum absolute atomic E-state index is 0.324. The molecule has 2 aromatic carbocycles. The smallest absolute Gasteiger partial charge is 0.408 e. The van der Waals surface area contributed by atoms with Gasteiger partial charge in [0.2, 0.25) is 0 Å². The Hall–Kier alpha value is -4.96. The molecule has 4 N–H and O–H groups in total. The SMILES string of the molecule is CC(C)(C)OC(=O)N[C@H](c1nc2ccc(C#CC#Cc3ccc4nc([C@@H](NC(=O)OC(C)(C)C)C(C)(C)C)[nH]c4c3)cc2[nH]1)C(C)(C)C. The molecule has 2 amide bonds. The van der Waals surface area contributed by atoms with Crippen LogP contribution in [0.1, 0.15) is 118 Å². The number of hydrogen-bond donors (Lipinski definition) is 4. The van der Waals surface area contributed by atoms with E-state index in [2.05, 4.69) is 44.3 Å². The number of ether oxygens (including phenoxy) is 2. The quantitative estimate of drug-likeness (QED) is 0.165. The molecule has 2 heterocycles. The van der Waals surface area contributed by atoms with Crippen LogP contribution in [0.5, 0.6) is 0 Å². The Morgan fingerprint density at radius 1 is 0.625 bits per heavy atom. The average molecular weight is 653 g/mol. The van der Waals surface area contributed by atoms with Gasteiger partial charge in [0.1, 0.15) is 22.9 Å². The molecule has 0 radical (unpaired) electrons. The van der Waals surface area contributed by atoms with Crippen LogP contribution in [-0.2, 0) is 9.47 Å². The van der Waals surface area contributed by atoms with E-state index < -0.39 is 35.5 Å². The van der Waals surface area contributed by atoms with E-state index >= 15 is 0 Å². The molecule has 0 unspecified atom stereocenters. The molecule has 0 saturated carbocycles. The number of alkyl carbamates (subject to hydrolysis) is 2. The van der Waals surface area contributed by atoms with Crippen LogP contribution >= 0.6 is 0 Å². The summed E-state index contributed by atoms with van der Waals surface area (Å²) in [6.45, 7) is 23.2. The van der Waals surface area contributed by atoms with Gasteiger partial charge in [0.25, 0.3) is 0 Å². The second-order valence-electron chi connectivity index (χ2n) is 16.1. The predicted molar refractivity (Wildman–Crippen MR) is 189 cm³/mol. The van der Waals surface area contributed by atoms with E-state index in [0.29, 0.717) is 11.6 Å². The molecule has 10 heteroatoms. The van der Waals surface area contributed by atoms with Crippen LogP contribution in [0, 0.1) is 34.5 Å². The van der Waals surface area contributed by atoms with Crippen LogP contribution in [0.15, 0.2) is 36.4 Å². The van der Waals surface area contributed by atoms with Crippen molar-refractivity contribution in [2.24, 2.45) is 10.8 Å². The minimum Gasteiger partial charge on any atom is -0.444 e. The number of imidazole rings is 2. The summed E-state index contributed by atoms with van der Waals surface area (Å²) in [5.74, 6) is 13.4. The molecule has 4 rings (SSSR count). The normalized spacial score (nSPS) is 13.5. The lowest BCUT2D eigenvalue weighted by Crippen LogP contribution is -2.40. The second kappa shape index (κ2) is 13.3. The van der Waals surface area contributed by atoms with E-state index in [1.165, 1.54) is 0 Å². The number of aromatic nitrogens is 4. The number of carbonyl (C=O) groups is 2. The van der Waals surface area contributed by atoms with Crippen LogP contribution in [0.3, 0.4) is 0 Å².